The molecule has 2 rings (SSSR count). The lowest BCUT2D eigenvalue weighted by Gasteiger charge is -2.07. The highest BCUT2D eigenvalue weighted by Crippen LogP contribution is 2.06. The van der Waals surface area contributed by atoms with Gasteiger partial charge in [-0.25, -0.2) is 4.98 Å². The van der Waals surface area contributed by atoms with Crippen molar-refractivity contribution in [3.05, 3.63) is 58.9 Å². The van der Waals surface area contributed by atoms with Crippen molar-refractivity contribution in [3.63, 3.8) is 0 Å². The van der Waals surface area contributed by atoms with E-state index in [9.17, 15) is 4.79 Å². The Morgan fingerprint density at radius 2 is 2.29 bits per heavy atom. The SMILES string of the molecule is N#CSCC(=O)N=c1ccccn1Cc1ccc(Cl)nc1. The number of amides is 1. The molecule has 0 aliphatic rings. The molecule has 0 fully saturated rings. The molecule has 5 nitrogen and oxygen atoms in total. The first kappa shape index (κ1) is 15.3. The predicted octanol–water partition coefficient (Wildman–Crippen LogP) is 2.23. The number of nitrogens with zero attached hydrogens (tertiary/aromatic N) is 4. The van der Waals surface area contributed by atoms with Gasteiger partial charge in [-0.2, -0.15) is 10.3 Å². The molecule has 2 aromatic rings. The third-order valence-electron chi connectivity index (χ3n) is 2.56. The second-order valence-electron chi connectivity index (χ2n) is 4.06. The van der Waals surface area contributed by atoms with Crippen LogP contribution in [0.1, 0.15) is 5.56 Å². The van der Waals surface area contributed by atoms with Crippen LogP contribution in [0.4, 0.5) is 0 Å². The van der Waals surface area contributed by atoms with Gasteiger partial charge in [0.15, 0.2) is 0 Å². The average molecular weight is 319 g/mol. The topological polar surface area (TPSA) is 71.0 Å². The summed E-state index contributed by atoms with van der Waals surface area (Å²) in [7, 11) is 0. The van der Waals surface area contributed by atoms with E-state index >= 15 is 0 Å². The number of hydrogen-bond donors (Lipinski definition) is 0. The summed E-state index contributed by atoms with van der Waals surface area (Å²) in [6.07, 6.45) is 3.51. The maximum absolute atomic E-state index is 11.6. The minimum atomic E-state index is -0.337. The second-order valence-corrected chi connectivity index (χ2v) is 5.21. The van der Waals surface area contributed by atoms with Crippen LogP contribution in [-0.2, 0) is 11.3 Å². The van der Waals surface area contributed by atoms with Crippen molar-refractivity contribution in [2.24, 2.45) is 4.99 Å². The molecule has 1 amide bonds. The van der Waals surface area contributed by atoms with Gasteiger partial charge in [-0.3, -0.25) is 4.79 Å². The van der Waals surface area contributed by atoms with E-state index in [4.69, 9.17) is 16.9 Å². The third kappa shape index (κ3) is 4.74. The van der Waals surface area contributed by atoms with E-state index in [1.165, 1.54) is 0 Å². The Bertz CT molecular complexity index is 734. The fourth-order valence-electron chi connectivity index (χ4n) is 1.65. The van der Waals surface area contributed by atoms with Gasteiger partial charge in [-0.15, -0.1) is 0 Å². The fourth-order valence-corrected chi connectivity index (χ4v) is 2.02. The van der Waals surface area contributed by atoms with Crippen molar-refractivity contribution in [1.29, 1.82) is 5.26 Å². The molecule has 0 spiro atoms. The number of rotatable bonds is 4. The number of aromatic nitrogens is 2. The molecule has 0 radical (unpaired) electrons. The molecule has 2 heterocycles. The number of halogens is 1. The van der Waals surface area contributed by atoms with Crippen LogP contribution in [0.5, 0.6) is 0 Å². The fraction of sp³-hybridized carbons (Fsp3) is 0.143. The van der Waals surface area contributed by atoms with E-state index < -0.39 is 0 Å². The molecule has 0 aliphatic carbocycles. The minimum Gasteiger partial charge on any atom is -0.328 e. The molecule has 0 saturated carbocycles. The van der Waals surface area contributed by atoms with E-state index in [2.05, 4.69) is 9.98 Å². The summed E-state index contributed by atoms with van der Waals surface area (Å²) in [5, 5.41) is 10.7. The molecule has 0 bridgehead atoms. The van der Waals surface area contributed by atoms with Crippen molar-refractivity contribution in [2.75, 3.05) is 5.75 Å². The van der Waals surface area contributed by atoms with Crippen LogP contribution in [0.2, 0.25) is 5.15 Å². The summed E-state index contributed by atoms with van der Waals surface area (Å²) in [6, 6.07) is 8.99. The smallest absolute Gasteiger partial charge is 0.258 e. The zero-order valence-corrected chi connectivity index (χ0v) is 12.5. The van der Waals surface area contributed by atoms with Crippen molar-refractivity contribution < 1.29 is 4.79 Å². The quantitative estimate of drug-likeness (QED) is 0.640. The van der Waals surface area contributed by atoms with E-state index in [1.54, 1.807) is 24.4 Å². The monoisotopic (exact) mass is 318 g/mol. The largest absolute Gasteiger partial charge is 0.328 e. The highest BCUT2D eigenvalue weighted by Gasteiger charge is 2.01. The molecule has 0 atom stereocenters. The van der Waals surface area contributed by atoms with Gasteiger partial charge in [-0.1, -0.05) is 23.7 Å². The maximum atomic E-state index is 11.6. The van der Waals surface area contributed by atoms with Gasteiger partial charge in [0.05, 0.1) is 12.3 Å². The zero-order chi connectivity index (χ0) is 15.1. The number of pyridine rings is 2. The Hall–Kier alpha value is -2.10. The van der Waals surface area contributed by atoms with Crippen LogP contribution in [0.25, 0.3) is 0 Å². The molecule has 0 aromatic carbocycles. The summed E-state index contributed by atoms with van der Waals surface area (Å²) in [4.78, 5) is 19.7. The molecule has 0 unspecified atom stereocenters. The zero-order valence-electron chi connectivity index (χ0n) is 10.9. The summed E-state index contributed by atoms with van der Waals surface area (Å²) >= 11 is 6.63. The third-order valence-corrected chi connectivity index (χ3v) is 3.30. The predicted molar refractivity (Wildman–Crippen MR) is 81.4 cm³/mol. The number of nitriles is 1. The van der Waals surface area contributed by atoms with E-state index in [0.29, 0.717) is 17.2 Å². The lowest BCUT2D eigenvalue weighted by atomic mass is 10.3. The molecule has 106 valence electrons. The molecular formula is C14H11ClN4OS. The Labute approximate surface area is 130 Å². The van der Waals surface area contributed by atoms with Crippen LogP contribution < -0.4 is 5.49 Å². The number of thioether (sulfide) groups is 1. The molecule has 0 aliphatic heterocycles. The first-order valence-electron chi connectivity index (χ1n) is 6.03. The molecule has 0 N–H and O–H groups in total. The van der Waals surface area contributed by atoms with Gasteiger partial charge in [0.2, 0.25) is 0 Å². The highest BCUT2D eigenvalue weighted by molar-refractivity contribution is 8.04. The van der Waals surface area contributed by atoms with Gasteiger partial charge in [0.25, 0.3) is 5.91 Å². The van der Waals surface area contributed by atoms with E-state index in [1.807, 2.05) is 28.3 Å². The van der Waals surface area contributed by atoms with Gasteiger partial charge in [-0.05, 0) is 35.5 Å². The van der Waals surface area contributed by atoms with Gasteiger partial charge < -0.3 is 4.57 Å². The Morgan fingerprint density at radius 3 is 3.00 bits per heavy atom. The van der Waals surface area contributed by atoms with Crippen LogP contribution in [0, 0.1) is 10.7 Å². The second kappa shape index (κ2) is 7.62. The Kier molecular flexibility index (Phi) is 5.55. The van der Waals surface area contributed by atoms with Crippen LogP contribution in [0.15, 0.2) is 47.7 Å². The van der Waals surface area contributed by atoms with Crippen molar-refractivity contribution in [3.8, 4) is 5.40 Å². The standard InChI is InChI=1S/C14H11ClN4OS/c15-12-5-4-11(7-17-12)8-19-6-2-1-3-13(19)18-14(20)9-21-10-16/h1-7H,8-9H2. The van der Waals surface area contributed by atoms with Crippen LogP contribution >= 0.6 is 23.4 Å². The first-order valence-corrected chi connectivity index (χ1v) is 7.40. The number of thiocyanates is 1. The lowest BCUT2D eigenvalue weighted by Crippen LogP contribution is -2.22. The number of carbonyl (C=O) groups is 1. The summed E-state index contributed by atoms with van der Waals surface area (Å²) < 4.78 is 1.83. The van der Waals surface area contributed by atoms with E-state index in [0.717, 1.165) is 17.3 Å². The molecule has 7 heteroatoms. The van der Waals surface area contributed by atoms with Crippen molar-refractivity contribution in [2.45, 2.75) is 6.54 Å². The summed E-state index contributed by atoms with van der Waals surface area (Å²) in [6.45, 7) is 0.530. The highest BCUT2D eigenvalue weighted by atomic mass is 35.5. The normalized spacial score (nSPS) is 11.1. The molecule has 21 heavy (non-hydrogen) atoms. The maximum Gasteiger partial charge on any atom is 0.258 e. The Morgan fingerprint density at radius 1 is 1.43 bits per heavy atom. The number of carbonyl (C=O) groups excluding carboxylic acids is 1. The van der Waals surface area contributed by atoms with Gasteiger partial charge in [0, 0.05) is 12.4 Å². The summed E-state index contributed by atoms with van der Waals surface area (Å²) in [5.74, 6) is -0.288. The molecule has 2 aromatic heterocycles. The molecule has 0 saturated heterocycles. The average Bonchev–Trinajstić information content (AvgIpc) is 2.49. The first-order chi connectivity index (χ1) is 10.2. The van der Waals surface area contributed by atoms with Gasteiger partial charge in [0.1, 0.15) is 16.0 Å². The van der Waals surface area contributed by atoms with Crippen LogP contribution in [-0.4, -0.2) is 21.2 Å². The molecular weight excluding hydrogens is 308 g/mol. The Balaban J connectivity index is 2.24. The van der Waals surface area contributed by atoms with Crippen LogP contribution in [0.3, 0.4) is 0 Å². The number of hydrogen-bond acceptors (Lipinski definition) is 4. The van der Waals surface area contributed by atoms with E-state index in [-0.39, 0.29) is 11.7 Å². The summed E-state index contributed by atoms with van der Waals surface area (Å²) in [5.41, 5.74) is 1.49. The van der Waals surface area contributed by atoms with Crippen molar-refractivity contribution >= 4 is 29.3 Å². The van der Waals surface area contributed by atoms with Gasteiger partial charge >= 0.3 is 0 Å². The lowest BCUT2D eigenvalue weighted by molar-refractivity contribution is -0.115. The van der Waals surface area contributed by atoms with Crippen molar-refractivity contribution in [1.82, 2.24) is 9.55 Å². The minimum absolute atomic E-state index is 0.0495.